The lowest BCUT2D eigenvalue weighted by Gasteiger charge is -2.17. The third kappa shape index (κ3) is 4.28. The van der Waals surface area contributed by atoms with Crippen LogP contribution in [0.25, 0.3) is 0 Å². The van der Waals surface area contributed by atoms with E-state index >= 15 is 0 Å². The topological polar surface area (TPSA) is 75.7 Å². The van der Waals surface area contributed by atoms with Gasteiger partial charge < -0.3 is 9.64 Å². The number of hydrogen-bond donors (Lipinski definition) is 1. The van der Waals surface area contributed by atoms with Gasteiger partial charge in [-0.05, 0) is 53.3 Å². The molecule has 2 heterocycles. The number of hydrogen-bond acceptors (Lipinski definition) is 5. The number of nitrogens with one attached hydrogen (secondary N) is 1. The molecule has 1 aromatic heterocycles. The predicted octanol–water partition coefficient (Wildman–Crippen LogP) is 3.90. The summed E-state index contributed by atoms with van der Waals surface area (Å²) in [6.07, 6.45) is 0.753. The first kappa shape index (κ1) is 19.5. The van der Waals surface area contributed by atoms with Crippen LogP contribution in [0.2, 0.25) is 0 Å². The Bertz CT molecular complexity index is 1140. The summed E-state index contributed by atoms with van der Waals surface area (Å²) in [5, 5.41) is 1.87. The molecule has 0 radical (unpaired) electrons. The van der Waals surface area contributed by atoms with Crippen LogP contribution in [0.1, 0.15) is 20.8 Å². The van der Waals surface area contributed by atoms with Crippen molar-refractivity contribution in [1.29, 1.82) is 0 Å². The zero-order valence-corrected chi connectivity index (χ0v) is 17.4. The molecule has 0 aliphatic carbocycles. The van der Waals surface area contributed by atoms with E-state index in [0.29, 0.717) is 28.4 Å². The largest absolute Gasteiger partial charge is 0.497 e. The maximum absolute atomic E-state index is 12.8. The zero-order chi connectivity index (χ0) is 20.4. The predicted molar refractivity (Wildman–Crippen MR) is 115 cm³/mol. The summed E-state index contributed by atoms with van der Waals surface area (Å²) in [6, 6.07) is 16.0. The van der Waals surface area contributed by atoms with Crippen LogP contribution in [-0.4, -0.2) is 28.0 Å². The molecule has 0 unspecified atom stereocenters. The molecule has 1 amide bonds. The van der Waals surface area contributed by atoms with Crippen molar-refractivity contribution in [3.63, 3.8) is 0 Å². The number of carbonyl (C=O) groups excluding carboxylic acids is 1. The Morgan fingerprint density at radius 3 is 2.79 bits per heavy atom. The molecule has 0 saturated heterocycles. The molecule has 0 spiro atoms. The van der Waals surface area contributed by atoms with Gasteiger partial charge in [0, 0.05) is 12.2 Å². The molecule has 0 bridgehead atoms. The number of amides is 1. The maximum atomic E-state index is 12.8. The highest BCUT2D eigenvalue weighted by molar-refractivity contribution is 7.91. The Balaban J connectivity index is 1.54. The zero-order valence-electron chi connectivity index (χ0n) is 15.8. The van der Waals surface area contributed by atoms with Crippen LogP contribution in [0.15, 0.2) is 60.0 Å². The number of sulfonamides is 1. The minimum atomic E-state index is -3.62. The highest BCUT2D eigenvalue weighted by Gasteiger charge is 2.27. The van der Waals surface area contributed by atoms with Gasteiger partial charge in [0.15, 0.2) is 0 Å². The maximum Gasteiger partial charge on any atom is 0.268 e. The van der Waals surface area contributed by atoms with Crippen LogP contribution in [0, 0.1) is 0 Å². The van der Waals surface area contributed by atoms with E-state index in [9.17, 15) is 13.2 Å². The van der Waals surface area contributed by atoms with Crippen molar-refractivity contribution in [2.75, 3.05) is 23.3 Å². The summed E-state index contributed by atoms with van der Waals surface area (Å²) in [5.41, 5.74) is 2.86. The highest BCUT2D eigenvalue weighted by Crippen LogP contribution is 2.33. The molecule has 1 N–H and O–H groups in total. The van der Waals surface area contributed by atoms with Crippen LogP contribution in [-0.2, 0) is 22.2 Å². The second-order valence-corrected chi connectivity index (χ2v) is 9.41. The molecule has 150 valence electrons. The second kappa shape index (κ2) is 7.88. The average Bonchev–Trinajstić information content (AvgIpc) is 3.37. The molecule has 2 aromatic carbocycles. The molecule has 0 atom stereocenters. The molecule has 0 fully saturated rings. The molecular weight excluding hydrogens is 408 g/mol. The van der Waals surface area contributed by atoms with Gasteiger partial charge in [-0.15, -0.1) is 11.3 Å². The minimum Gasteiger partial charge on any atom is -0.497 e. The van der Waals surface area contributed by atoms with Crippen molar-refractivity contribution in [1.82, 2.24) is 0 Å². The van der Waals surface area contributed by atoms with Crippen LogP contribution in [0.5, 0.6) is 5.75 Å². The molecule has 4 rings (SSSR count). The van der Waals surface area contributed by atoms with Crippen molar-refractivity contribution in [2.45, 2.75) is 12.2 Å². The number of thiophene rings is 1. The lowest BCUT2D eigenvalue weighted by Crippen LogP contribution is -2.28. The van der Waals surface area contributed by atoms with Crippen molar-refractivity contribution in [3.05, 3.63) is 76.0 Å². The Labute approximate surface area is 173 Å². The Kier molecular flexibility index (Phi) is 5.29. The number of methoxy groups -OCH3 is 1. The van der Waals surface area contributed by atoms with Gasteiger partial charge >= 0.3 is 0 Å². The van der Waals surface area contributed by atoms with Gasteiger partial charge in [-0.3, -0.25) is 9.52 Å². The van der Waals surface area contributed by atoms with E-state index in [4.69, 9.17) is 4.74 Å². The summed E-state index contributed by atoms with van der Waals surface area (Å²) in [6.45, 7) is 0.589. The monoisotopic (exact) mass is 428 g/mol. The number of rotatable bonds is 6. The van der Waals surface area contributed by atoms with Gasteiger partial charge in [-0.25, -0.2) is 8.42 Å². The van der Waals surface area contributed by atoms with Crippen molar-refractivity contribution >= 4 is 38.6 Å². The molecule has 0 saturated carbocycles. The third-order valence-corrected chi connectivity index (χ3v) is 6.84. The first-order valence-corrected chi connectivity index (χ1v) is 11.6. The number of benzene rings is 2. The molecular formula is C21H20N2O4S2. The first-order valence-electron chi connectivity index (χ1n) is 9.07. The van der Waals surface area contributed by atoms with Crippen LogP contribution >= 0.6 is 11.3 Å². The van der Waals surface area contributed by atoms with E-state index in [0.717, 1.165) is 17.7 Å². The van der Waals surface area contributed by atoms with Crippen molar-refractivity contribution < 1.29 is 17.9 Å². The first-order chi connectivity index (χ1) is 13.9. The summed E-state index contributed by atoms with van der Waals surface area (Å²) >= 11 is 1.40. The normalized spacial score (nSPS) is 13.2. The fraction of sp³-hybridized carbons (Fsp3) is 0.190. The number of carbonyl (C=O) groups is 1. The quantitative estimate of drug-likeness (QED) is 0.646. The minimum absolute atomic E-state index is 0.0601. The lowest BCUT2D eigenvalue weighted by molar-refractivity contribution is 0.0993. The van der Waals surface area contributed by atoms with Gasteiger partial charge in [-0.2, -0.15) is 0 Å². The fourth-order valence-electron chi connectivity index (χ4n) is 3.38. The molecule has 1 aliphatic heterocycles. The van der Waals surface area contributed by atoms with Crippen molar-refractivity contribution in [3.8, 4) is 5.75 Å². The summed E-state index contributed by atoms with van der Waals surface area (Å²) in [5.74, 6) is 0.382. The van der Waals surface area contributed by atoms with E-state index < -0.39 is 10.0 Å². The average molecular weight is 429 g/mol. The third-order valence-electron chi connectivity index (χ3n) is 4.72. The van der Waals surface area contributed by atoms with E-state index in [2.05, 4.69) is 4.72 Å². The Hall–Kier alpha value is -2.84. The van der Waals surface area contributed by atoms with E-state index in [1.807, 2.05) is 17.5 Å². The summed E-state index contributed by atoms with van der Waals surface area (Å²) in [4.78, 5) is 15.1. The number of anilines is 2. The SMILES string of the molecule is COc1cccc(CS(=O)(=O)Nc2ccc3c(c2)N(C(=O)c2cccs2)CC3)c1. The second-order valence-electron chi connectivity index (χ2n) is 6.74. The fourth-order valence-corrected chi connectivity index (χ4v) is 5.23. The molecule has 8 heteroatoms. The lowest BCUT2D eigenvalue weighted by atomic mass is 10.1. The Morgan fingerprint density at radius 2 is 2.03 bits per heavy atom. The van der Waals surface area contributed by atoms with Gasteiger partial charge in [0.2, 0.25) is 10.0 Å². The van der Waals surface area contributed by atoms with E-state index in [1.54, 1.807) is 54.5 Å². The number of ether oxygens (including phenoxy) is 1. The smallest absolute Gasteiger partial charge is 0.268 e. The van der Waals surface area contributed by atoms with Crippen LogP contribution in [0.3, 0.4) is 0 Å². The summed E-state index contributed by atoms with van der Waals surface area (Å²) < 4.78 is 33.1. The molecule has 29 heavy (non-hydrogen) atoms. The molecule has 3 aromatic rings. The number of nitrogens with zero attached hydrogens (tertiary/aromatic N) is 1. The Morgan fingerprint density at radius 1 is 1.17 bits per heavy atom. The van der Waals surface area contributed by atoms with Gasteiger partial charge in [-0.1, -0.05) is 24.3 Å². The number of fused-ring (bicyclic) bond motifs is 1. The van der Waals surface area contributed by atoms with Crippen LogP contribution < -0.4 is 14.4 Å². The van der Waals surface area contributed by atoms with Gasteiger partial charge in [0.1, 0.15) is 5.75 Å². The van der Waals surface area contributed by atoms with E-state index in [-0.39, 0.29) is 11.7 Å². The van der Waals surface area contributed by atoms with Gasteiger partial charge in [0.05, 0.1) is 23.4 Å². The van der Waals surface area contributed by atoms with Crippen molar-refractivity contribution in [2.24, 2.45) is 0 Å². The molecule has 1 aliphatic rings. The van der Waals surface area contributed by atoms with Crippen LogP contribution in [0.4, 0.5) is 11.4 Å². The van der Waals surface area contributed by atoms with E-state index in [1.165, 1.54) is 11.3 Å². The van der Waals surface area contributed by atoms with Gasteiger partial charge in [0.25, 0.3) is 5.91 Å². The molecule has 6 nitrogen and oxygen atoms in total. The summed E-state index contributed by atoms with van der Waals surface area (Å²) in [7, 11) is -2.08. The standard InChI is InChI=1S/C21H20N2O4S2/c1-27-18-5-2-4-15(12-18)14-29(25,26)22-17-8-7-16-9-10-23(19(16)13-17)21(24)20-6-3-11-28-20/h2-8,11-13,22H,9-10,14H2,1H3. The highest BCUT2D eigenvalue weighted by atomic mass is 32.2.